The molecule has 1 aliphatic rings. The second-order valence-electron chi connectivity index (χ2n) is 4.12. The van der Waals surface area contributed by atoms with E-state index >= 15 is 0 Å². The molecule has 5 heteroatoms. The van der Waals surface area contributed by atoms with Gasteiger partial charge < -0.3 is 9.63 Å². The Bertz CT molecular complexity index is 274. The van der Waals surface area contributed by atoms with Crippen LogP contribution in [0.4, 0.5) is 0 Å². The Balaban J connectivity index is 1.85. The molecule has 0 saturated carbocycles. The minimum atomic E-state index is -0.492. The van der Waals surface area contributed by atoms with E-state index in [4.69, 9.17) is 0 Å². The standard InChI is InChI=1S/C9H15N3O2/c1-9(13)2-4-12(5-3-9)6-8-10-7-14-11-8/h7,13H,2-6H2,1H3. The van der Waals surface area contributed by atoms with Crippen LogP contribution in [0.3, 0.4) is 0 Å². The molecule has 0 spiro atoms. The maximum absolute atomic E-state index is 9.74. The van der Waals surface area contributed by atoms with Gasteiger partial charge in [0.05, 0.1) is 12.1 Å². The monoisotopic (exact) mass is 197 g/mol. The van der Waals surface area contributed by atoms with Crippen molar-refractivity contribution in [2.24, 2.45) is 0 Å². The predicted octanol–water partition coefficient (Wildman–Crippen LogP) is 0.416. The molecular formula is C9H15N3O2. The van der Waals surface area contributed by atoms with E-state index < -0.39 is 5.60 Å². The number of aliphatic hydroxyl groups is 1. The van der Waals surface area contributed by atoms with Gasteiger partial charge in [-0.3, -0.25) is 4.90 Å². The molecule has 5 nitrogen and oxygen atoms in total. The van der Waals surface area contributed by atoms with E-state index in [1.165, 1.54) is 6.39 Å². The Morgan fingerprint density at radius 1 is 1.57 bits per heavy atom. The molecule has 1 aromatic rings. The largest absolute Gasteiger partial charge is 0.390 e. The zero-order chi connectivity index (χ0) is 10.0. The van der Waals surface area contributed by atoms with Gasteiger partial charge in [-0.25, -0.2) is 0 Å². The summed E-state index contributed by atoms with van der Waals surface area (Å²) < 4.78 is 4.66. The average Bonchev–Trinajstić information content (AvgIpc) is 2.61. The summed E-state index contributed by atoms with van der Waals surface area (Å²) in [7, 11) is 0. The van der Waals surface area contributed by atoms with Crippen LogP contribution in [-0.4, -0.2) is 38.8 Å². The lowest BCUT2D eigenvalue weighted by Crippen LogP contribution is -2.42. The molecule has 0 amide bonds. The number of rotatable bonds is 2. The quantitative estimate of drug-likeness (QED) is 0.744. The summed E-state index contributed by atoms with van der Waals surface area (Å²) in [6.07, 6.45) is 2.96. The molecule has 78 valence electrons. The molecule has 1 fully saturated rings. The van der Waals surface area contributed by atoms with Gasteiger partial charge in [0.15, 0.2) is 5.82 Å². The molecule has 2 heterocycles. The van der Waals surface area contributed by atoms with Crippen LogP contribution in [0.5, 0.6) is 0 Å². The first-order chi connectivity index (χ1) is 6.66. The summed E-state index contributed by atoms with van der Waals surface area (Å²) >= 11 is 0. The van der Waals surface area contributed by atoms with Crippen LogP contribution >= 0.6 is 0 Å². The van der Waals surface area contributed by atoms with Crippen LogP contribution in [0.2, 0.25) is 0 Å². The van der Waals surface area contributed by atoms with E-state index in [9.17, 15) is 5.11 Å². The summed E-state index contributed by atoms with van der Waals surface area (Å²) in [5.74, 6) is 0.714. The van der Waals surface area contributed by atoms with Gasteiger partial charge in [-0.2, -0.15) is 4.98 Å². The molecule has 0 bridgehead atoms. The van der Waals surface area contributed by atoms with Gasteiger partial charge in [0, 0.05) is 13.1 Å². The molecule has 1 aliphatic heterocycles. The average molecular weight is 197 g/mol. The van der Waals surface area contributed by atoms with Crippen molar-refractivity contribution in [3.8, 4) is 0 Å². The molecule has 0 aliphatic carbocycles. The smallest absolute Gasteiger partial charge is 0.213 e. The van der Waals surface area contributed by atoms with Crippen molar-refractivity contribution >= 4 is 0 Å². The number of piperidine rings is 1. The molecule has 0 atom stereocenters. The molecule has 0 unspecified atom stereocenters. The fraction of sp³-hybridized carbons (Fsp3) is 0.778. The highest BCUT2D eigenvalue weighted by atomic mass is 16.5. The van der Waals surface area contributed by atoms with Crippen molar-refractivity contribution in [1.82, 2.24) is 15.0 Å². The summed E-state index contributed by atoms with van der Waals surface area (Å²) in [4.78, 5) is 6.19. The van der Waals surface area contributed by atoms with Gasteiger partial charge in [-0.1, -0.05) is 5.16 Å². The number of aromatic nitrogens is 2. The van der Waals surface area contributed by atoms with Crippen LogP contribution in [0.25, 0.3) is 0 Å². The van der Waals surface area contributed by atoms with Gasteiger partial charge in [0.1, 0.15) is 0 Å². The Morgan fingerprint density at radius 3 is 2.86 bits per heavy atom. The van der Waals surface area contributed by atoms with Crippen molar-refractivity contribution in [2.75, 3.05) is 13.1 Å². The molecule has 1 saturated heterocycles. The minimum Gasteiger partial charge on any atom is -0.390 e. The van der Waals surface area contributed by atoms with Gasteiger partial charge in [0.25, 0.3) is 0 Å². The zero-order valence-corrected chi connectivity index (χ0v) is 8.31. The van der Waals surface area contributed by atoms with Crippen molar-refractivity contribution < 1.29 is 9.63 Å². The van der Waals surface area contributed by atoms with E-state index in [2.05, 4.69) is 19.6 Å². The lowest BCUT2D eigenvalue weighted by atomic mass is 9.94. The second kappa shape index (κ2) is 3.67. The molecular weight excluding hydrogens is 182 g/mol. The van der Waals surface area contributed by atoms with Crippen LogP contribution < -0.4 is 0 Å². The third-order valence-corrected chi connectivity index (χ3v) is 2.71. The fourth-order valence-corrected chi connectivity index (χ4v) is 1.65. The molecule has 14 heavy (non-hydrogen) atoms. The SMILES string of the molecule is CC1(O)CCN(Cc2ncon2)CC1. The molecule has 0 aromatic carbocycles. The Morgan fingerprint density at radius 2 is 2.29 bits per heavy atom. The maximum atomic E-state index is 9.74. The van der Waals surface area contributed by atoms with Gasteiger partial charge >= 0.3 is 0 Å². The first-order valence-electron chi connectivity index (χ1n) is 4.86. The van der Waals surface area contributed by atoms with Gasteiger partial charge in [0.2, 0.25) is 6.39 Å². The van der Waals surface area contributed by atoms with Crippen molar-refractivity contribution in [1.29, 1.82) is 0 Å². The van der Waals surface area contributed by atoms with E-state index in [0.29, 0.717) is 12.4 Å². The summed E-state index contributed by atoms with van der Waals surface area (Å²) in [6.45, 7) is 4.38. The zero-order valence-electron chi connectivity index (χ0n) is 8.31. The lowest BCUT2D eigenvalue weighted by molar-refractivity contribution is -0.00799. The highest BCUT2D eigenvalue weighted by Gasteiger charge is 2.27. The van der Waals surface area contributed by atoms with Crippen LogP contribution in [-0.2, 0) is 6.54 Å². The highest BCUT2D eigenvalue weighted by Crippen LogP contribution is 2.21. The molecule has 2 rings (SSSR count). The number of hydrogen-bond acceptors (Lipinski definition) is 5. The highest BCUT2D eigenvalue weighted by molar-refractivity contribution is 4.85. The van der Waals surface area contributed by atoms with Crippen LogP contribution in [0.1, 0.15) is 25.6 Å². The van der Waals surface area contributed by atoms with Gasteiger partial charge in [-0.05, 0) is 19.8 Å². The third-order valence-electron chi connectivity index (χ3n) is 2.71. The fourth-order valence-electron chi connectivity index (χ4n) is 1.65. The van der Waals surface area contributed by atoms with Gasteiger partial charge in [-0.15, -0.1) is 0 Å². The van der Waals surface area contributed by atoms with E-state index in [0.717, 1.165) is 25.9 Å². The number of likely N-dealkylation sites (tertiary alicyclic amines) is 1. The Labute approximate surface area is 82.7 Å². The van der Waals surface area contributed by atoms with Crippen LogP contribution in [0.15, 0.2) is 10.9 Å². The van der Waals surface area contributed by atoms with E-state index in [1.54, 1.807) is 0 Å². The summed E-state index contributed by atoms with van der Waals surface area (Å²) in [6, 6.07) is 0. The molecule has 0 radical (unpaired) electrons. The Hall–Kier alpha value is -0.940. The minimum absolute atomic E-state index is 0.492. The molecule has 1 aromatic heterocycles. The Kier molecular flexibility index (Phi) is 2.52. The molecule has 1 N–H and O–H groups in total. The second-order valence-corrected chi connectivity index (χ2v) is 4.12. The van der Waals surface area contributed by atoms with E-state index in [1.807, 2.05) is 6.92 Å². The van der Waals surface area contributed by atoms with Crippen molar-refractivity contribution in [3.05, 3.63) is 12.2 Å². The first-order valence-corrected chi connectivity index (χ1v) is 4.86. The third kappa shape index (κ3) is 2.30. The van der Waals surface area contributed by atoms with Crippen molar-refractivity contribution in [2.45, 2.75) is 31.9 Å². The summed E-state index contributed by atoms with van der Waals surface area (Å²) in [5, 5.41) is 13.5. The summed E-state index contributed by atoms with van der Waals surface area (Å²) in [5.41, 5.74) is -0.492. The first kappa shape index (κ1) is 9.61. The lowest BCUT2D eigenvalue weighted by Gasteiger charge is -2.35. The number of nitrogens with zero attached hydrogens (tertiary/aromatic N) is 3. The normalized spacial score (nSPS) is 22.4. The number of hydrogen-bond donors (Lipinski definition) is 1. The topological polar surface area (TPSA) is 62.4 Å². The van der Waals surface area contributed by atoms with Crippen LogP contribution in [0, 0.1) is 0 Å². The maximum Gasteiger partial charge on any atom is 0.213 e. The van der Waals surface area contributed by atoms with Crippen molar-refractivity contribution in [3.63, 3.8) is 0 Å². The van der Waals surface area contributed by atoms with E-state index in [-0.39, 0.29) is 0 Å². The predicted molar refractivity (Wildman–Crippen MR) is 49.4 cm³/mol.